The third-order valence-electron chi connectivity index (χ3n) is 4.80. The number of anilines is 1. The standard InChI is InChI=1S/C13H14N4/c14-6-9-3-4-15-13(16-9)17-12-10-7-1-2-8(5-7)11(10)12/h3-4,7-8,10-12H,1-2,5H2,(H,15,16,17). The summed E-state index contributed by atoms with van der Waals surface area (Å²) in [7, 11) is 0. The number of fused-ring (bicyclic) bond motifs is 5. The molecule has 4 nitrogen and oxygen atoms in total. The van der Waals surface area contributed by atoms with E-state index in [9.17, 15) is 0 Å². The van der Waals surface area contributed by atoms with Gasteiger partial charge in [0, 0.05) is 12.2 Å². The molecule has 1 heterocycles. The zero-order valence-electron chi connectivity index (χ0n) is 9.50. The van der Waals surface area contributed by atoms with Crippen LogP contribution in [0.15, 0.2) is 12.3 Å². The van der Waals surface area contributed by atoms with Crippen LogP contribution in [0.5, 0.6) is 0 Å². The van der Waals surface area contributed by atoms with Crippen LogP contribution in [-0.4, -0.2) is 16.0 Å². The first-order valence-electron chi connectivity index (χ1n) is 6.36. The van der Waals surface area contributed by atoms with Gasteiger partial charge in [-0.2, -0.15) is 5.26 Å². The van der Waals surface area contributed by atoms with Crippen LogP contribution < -0.4 is 5.32 Å². The van der Waals surface area contributed by atoms with Crippen molar-refractivity contribution >= 4 is 5.95 Å². The van der Waals surface area contributed by atoms with Gasteiger partial charge in [0.05, 0.1) is 0 Å². The molecule has 4 unspecified atom stereocenters. The number of hydrogen-bond acceptors (Lipinski definition) is 4. The summed E-state index contributed by atoms with van der Waals surface area (Å²) < 4.78 is 0. The molecular weight excluding hydrogens is 212 g/mol. The molecule has 17 heavy (non-hydrogen) atoms. The van der Waals surface area contributed by atoms with Crippen LogP contribution in [0.1, 0.15) is 25.0 Å². The van der Waals surface area contributed by atoms with Gasteiger partial charge in [0.1, 0.15) is 11.8 Å². The second-order valence-corrected chi connectivity index (χ2v) is 5.54. The lowest BCUT2D eigenvalue weighted by Gasteiger charge is -2.10. The Hall–Kier alpha value is -1.63. The number of nitrogens with zero attached hydrogens (tertiary/aromatic N) is 3. The molecule has 3 aliphatic carbocycles. The molecule has 3 aliphatic rings. The zero-order chi connectivity index (χ0) is 11.4. The number of hydrogen-bond donors (Lipinski definition) is 1. The molecular formula is C13H14N4. The first kappa shape index (κ1) is 9.41. The molecule has 4 rings (SSSR count). The first-order valence-corrected chi connectivity index (χ1v) is 6.36. The van der Waals surface area contributed by atoms with Gasteiger partial charge in [0.15, 0.2) is 0 Å². The van der Waals surface area contributed by atoms with Crippen LogP contribution >= 0.6 is 0 Å². The third kappa shape index (κ3) is 1.28. The average Bonchev–Trinajstić information content (AvgIpc) is 2.76. The van der Waals surface area contributed by atoms with Gasteiger partial charge in [0.2, 0.25) is 5.95 Å². The van der Waals surface area contributed by atoms with E-state index in [1.165, 1.54) is 19.3 Å². The predicted octanol–water partition coefficient (Wildman–Crippen LogP) is 1.80. The Morgan fingerprint density at radius 1 is 1.29 bits per heavy atom. The summed E-state index contributed by atoms with van der Waals surface area (Å²) in [5, 5.41) is 12.2. The van der Waals surface area contributed by atoms with Crippen molar-refractivity contribution in [3.8, 4) is 6.07 Å². The van der Waals surface area contributed by atoms with E-state index in [2.05, 4.69) is 21.4 Å². The lowest BCUT2D eigenvalue weighted by atomic mass is 10.0. The molecule has 1 aromatic rings. The van der Waals surface area contributed by atoms with E-state index in [0.29, 0.717) is 17.7 Å². The van der Waals surface area contributed by atoms with Crippen LogP contribution in [0.3, 0.4) is 0 Å². The molecule has 0 radical (unpaired) electrons. The highest BCUT2D eigenvalue weighted by Gasteiger charge is 2.65. The van der Waals surface area contributed by atoms with Crippen molar-refractivity contribution in [2.75, 3.05) is 5.32 Å². The quantitative estimate of drug-likeness (QED) is 0.835. The molecule has 0 aliphatic heterocycles. The van der Waals surface area contributed by atoms with E-state index >= 15 is 0 Å². The molecule has 86 valence electrons. The summed E-state index contributed by atoms with van der Waals surface area (Å²) in [6.07, 6.45) is 5.94. The highest BCUT2D eigenvalue weighted by molar-refractivity contribution is 5.36. The maximum Gasteiger partial charge on any atom is 0.224 e. The summed E-state index contributed by atoms with van der Waals surface area (Å²) in [5.41, 5.74) is 0.441. The Kier molecular flexibility index (Phi) is 1.77. The van der Waals surface area contributed by atoms with Crippen molar-refractivity contribution in [3.05, 3.63) is 18.0 Å². The van der Waals surface area contributed by atoms with Crippen molar-refractivity contribution in [1.29, 1.82) is 5.26 Å². The van der Waals surface area contributed by atoms with Crippen molar-refractivity contribution < 1.29 is 0 Å². The Balaban J connectivity index is 1.51. The molecule has 0 aromatic carbocycles. The Labute approximate surface area is 100 Å². The summed E-state index contributed by atoms with van der Waals surface area (Å²) in [4.78, 5) is 8.38. The summed E-state index contributed by atoms with van der Waals surface area (Å²) >= 11 is 0. The minimum absolute atomic E-state index is 0.441. The molecule has 3 saturated carbocycles. The second kappa shape index (κ2) is 3.19. The molecule has 1 N–H and O–H groups in total. The largest absolute Gasteiger partial charge is 0.351 e. The Morgan fingerprint density at radius 3 is 2.76 bits per heavy atom. The summed E-state index contributed by atoms with van der Waals surface area (Å²) in [6.45, 7) is 0. The smallest absolute Gasteiger partial charge is 0.224 e. The minimum atomic E-state index is 0.441. The first-order chi connectivity index (χ1) is 8.36. The van der Waals surface area contributed by atoms with Gasteiger partial charge in [-0.1, -0.05) is 0 Å². The zero-order valence-corrected chi connectivity index (χ0v) is 9.50. The van der Waals surface area contributed by atoms with E-state index < -0.39 is 0 Å². The highest BCUT2D eigenvalue weighted by atomic mass is 15.2. The van der Waals surface area contributed by atoms with Crippen molar-refractivity contribution in [2.45, 2.75) is 25.3 Å². The summed E-state index contributed by atoms with van der Waals surface area (Å²) in [6, 6.07) is 4.27. The monoisotopic (exact) mass is 226 g/mol. The van der Waals surface area contributed by atoms with Crippen molar-refractivity contribution in [3.63, 3.8) is 0 Å². The van der Waals surface area contributed by atoms with Gasteiger partial charge >= 0.3 is 0 Å². The van der Waals surface area contributed by atoms with Gasteiger partial charge in [-0.15, -0.1) is 0 Å². The second-order valence-electron chi connectivity index (χ2n) is 5.54. The number of nitrogens with one attached hydrogen (secondary N) is 1. The molecule has 3 fully saturated rings. The van der Waals surface area contributed by atoms with E-state index in [-0.39, 0.29) is 0 Å². The maximum absolute atomic E-state index is 8.80. The third-order valence-corrected chi connectivity index (χ3v) is 4.80. The van der Waals surface area contributed by atoms with Gasteiger partial charge in [-0.25, -0.2) is 9.97 Å². The molecule has 0 amide bonds. The lowest BCUT2D eigenvalue weighted by Crippen LogP contribution is -2.14. The Morgan fingerprint density at radius 2 is 2.06 bits per heavy atom. The van der Waals surface area contributed by atoms with Crippen LogP contribution in [0.25, 0.3) is 0 Å². The van der Waals surface area contributed by atoms with Gasteiger partial charge in [-0.3, -0.25) is 0 Å². The van der Waals surface area contributed by atoms with Crippen LogP contribution in [0.2, 0.25) is 0 Å². The lowest BCUT2D eigenvalue weighted by molar-refractivity contribution is 0.456. The van der Waals surface area contributed by atoms with Crippen LogP contribution in [-0.2, 0) is 0 Å². The Bertz CT molecular complexity index is 490. The fourth-order valence-corrected chi connectivity index (χ4v) is 4.16. The number of aromatic nitrogens is 2. The van der Waals surface area contributed by atoms with E-state index in [4.69, 9.17) is 5.26 Å². The summed E-state index contributed by atoms with van der Waals surface area (Å²) in [5.74, 6) is 4.25. The molecule has 0 saturated heterocycles. The minimum Gasteiger partial charge on any atom is -0.351 e. The van der Waals surface area contributed by atoms with Crippen molar-refractivity contribution in [2.24, 2.45) is 23.7 Å². The van der Waals surface area contributed by atoms with Gasteiger partial charge in [0.25, 0.3) is 0 Å². The molecule has 2 bridgehead atoms. The van der Waals surface area contributed by atoms with Gasteiger partial charge < -0.3 is 5.32 Å². The number of nitriles is 1. The topological polar surface area (TPSA) is 61.6 Å². The fraction of sp³-hybridized carbons (Fsp3) is 0.615. The van der Waals surface area contributed by atoms with Crippen molar-refractivity contribution in [1.82, 2.24) is 9.97 Å². The number of rotatable bonds is 2. The molecule has 0 spiro atoms. The normalized spacial score (nSPS) is 40.8. The molecule has 4 heteroatoms. The molecule has 4 atom stereocenters. The molecule has 1 aromatic heterocycles. The predicted molar refractivity (Wildman–Crippen MR) is 62.0 cm³/mol. The van der Waals surface area contributed by atoms with E-state index in [1.807, 2.05) is 0 Å². The highest BCUT2D eigenvalue weighted by Crippen LogP contribution is 2.66. The average molecular weight is 226 g/mol. The maximum atomic E-state index is 8.80. The van der Waals surface area contributed by atoms with Crippen LogP contribution in [0.4, 0.5) is 5.95 Å². The van der Waals surface area contributed by atoms with E-state index in [0.717, 1.165) is 23.7 Å². The fourth-order valence-electron chi connectivity index (χ4n) is 4.16. The van der Waals surface area contributed by atoms with Crippen LogP contribution in [0, 0.1) is 35.0 Å². The SMILES string of the molecule is N#Cc1ccnc(NC2C3C4CCC(C4)C23)n1. The van der Waals surface area contributed by atoms with E-state index in [1.54, 1.807) is 12.3 Å². The van der Waals surface area contributed by atoms with Gasteiger partial charge in [-0.05, 0) is 49.0 Å².